The van der Waals surface area contributed by atoms with Crippen LogP contribution in [0.1, 0.15) is 78.8 Å². The number of aromatic nitrogens is 2. The van der Waals surface area contributed by atoms with E-state index in [2.05, 4.69) is 27.5 Å². The van der Waals surface area contributed by atoms with Crippen molar-refractivity contribution >= 4 is 35.4 Å². The summed E-state index contributed by atoms with van der Waals surface area (Å²) < 4.78 is 0. The van der Waals surface area contributed by atoms with E-state index in [-0.39, 0.29) is 30.6 Å². The molecule has 0 saturated heterocycles. The van der Waals surface area contributed by atoms with Gasteiger partial charge in [0.15, 0.2) is 0 Å². The fourth-order valence-electron chi connectivity index (χ4n) is 4.51. The van der Waals surface area contributed by atoms with Crippen molar-refractivity contribution in [2.75, 3.05) is 23.3 Å². The highest BCUT2D eigenvalue weighted by Crippen LogP contribution is 2.39. The molecule has 0 bridgehead atoms. The maximum absolute atomic E-state index is 12.5. The number of carboxylic acid groups (broad SMARTS) is 2. The van der Waals surface area contributed by atoms with Crippen molar-refractivity contribution in [3.8, 4) is 0 Å². The van der Waals surface area contributed by atoms with Crippen LogP contribution in [0.2, 0.25) is 0 Å². The summed E-state index contributed by atoms with van der Waals surface area (Å²) in [5.41, 5.74) is 14.1. The Morgan fingerprint density at radius 1 is 1.11 bits per heavy atom. The summed E-state index contributed by atoms with van der Waals surface area (Å²) in [7, 11) is 0. The maximum atomic E-state index is 12.5. The molecule has 11 heteroatoms. The highest BCUT2D eigenvalue weighted by Gasteiger charge is 2.28. The number of hydrogen-bond acceptors (Lipinski definition) is 8. The molecular formula is C24H32N6O5. The minimum absolute atomic E-state index is 0.152. The number of hydrogen-bond donors (Lipinski definition) is 6. The average molecular weight is 485 g/mol. The van der Waals surface area contributed by atoms with Gasteiger partial charge in [0.1, 0.15) is 17.7 Å². The van der Waals surface area contributed by atoms with Gasteiger partial charge >= 0.3 is 11.9 Å². The van der Waals surface area contributed by atoms with Gasteiger partial charge in [-0.3, -0.25) is 9.59 Å². The molecule has 0 spiro atoms. The lowest BCUT2D eigenvalue weighted by Gasteiger charge is -2.20. The van der Waals surface area contributed by atoms with E-state index >= 15 is 0 Å². The minimum atomic E-state index is -1.27. The third kappa shape index (κ3) is 6.58. The molecule has 1 aliphatic heterocycles. The van der Waals surface area contributed by atoms with Crippen molar-refractivity contribution in [2.45, 2.75) is 63.3 Å². The molecule has 0 aliphatic carbocycles. The molecule has 35 heavy (non-hydrogen) atoms. The number of benzene rings is 1. The maximum Gasteiger partial charge on any atom is 0.326 e. The number of nitrogen functional groups attached to an aromatic ring is 2. The van der Waals surface area contributed by atoms with Crippen LogP contribution >= 0.6 is 0 Å². The number of carbonyl (C=O) groups excluding carboxylic acids is 1. The second-order valence-corrected chi connectivity index (χ2v) is 8.79. The van der Waals surface area contributed by atoms with Crippen LogP contribution in [0.5, 0.6) is 0 Å². The summed E-state index contributed by atoms with van der Waals surface area (Å²) >= 11 is 0. The summed E-state index contributed by atoms with van der Waals surface area (Å²) in [5, 5.41) is 23.7. The molecule has 2 unspecified atom stereocenters. The van der Waals surface area contributed by atoms with Gasteiger partial charge in [-0.05, 0) is 49.3 Å². The Labute approximate surface area is 203 Å². The molecule has 3 rings (SSSR count). The monoisotopic (exact) mass is 484 g/mol. The van der Waals surface area contributed by atoms with Gasteiger partial charge in [-0.25, -0.2) is 4.79 Å². The summed E-state index contributed by atoms with van der Waals surface area (Å²) in [6, 6.07) is 5.86. The lowest BCUT2D eigenvalue weighted by Crippen LogP contribution is -2.41. The van der Waals surface area contributed by atoms with Gasteiger partial charge in [0.25, 0.3) is 5.91 Å². The Balaban J connectivity index is 1.64. The molecule has 1 amide bonds. The van der Waals surface area contributed by atoms with Gasteiger partial charge in [0, 0.05) is 30.0 Å². The Morgan fingerprint density at radius 3 is 2.46 bits per heavy atom. The lowest BCUT2D eigenvalue weighted by atomic mass is 9.85. The first-order valence-electron chi connectivity index (χ1n) is 11.7. The summed E-state index contributed by atoms with van der Waals surface area (Å²) in [6.45, 7) is 2.85. The van der Waals surface area contributed by atoms with E-state index in [1.807, 2.05) is 12.1 Å². The first-order valence-corrected chi connectivity index (χ1v) is 11.7. The Morgan fingerprint density at radius 2 is 1.83 bits per heavy atom. The van der Waals surface area contributed by atoms with Gasteiger partial charge in [0.2, 0.25) is 5.95 Å². The second-order valence-electron chi connectivity index (χ2n) is 8.79. The number of carbonyl (C=O) groups is 3. The number of anilines is 3. The lowest BCUT2D eigenvalue weighted by molar-refractivity contribution is -0.140. The smallest absolute Gasteiger partial charge is 0.326 e. The van der Waals surface area contributed by atoms with E-state index in [1.165, 1.54) is 0 Å². The molecule has 1 aromatic carbocycles. The molecule has 3 atom stereocenters. The number of nitrogens with zero attached hydrogens (tertiary/aromatic N) is 2. The zero-order valence-electron chi connectivity index (χ0n) is 19.7. The van der Waals surface area contributed by atoms with Gasteiger partial charge in [-0.1, -0.05) is 25.5 Å². The first-order chi connectivity index (χ1) is 16.7. The molecule has 1 aromatic heterocycles. The van der Waals surface area contributed by atoms with Crippen LogP contribution in [0.3, 0.4) is 0 Å². The Kier molecular flexibility index (Phi) is 8.45. The van der Waals surface area contributed by atoms with E-state index in [9.17, 15) is 19.5 Å². The van der Waals surface area contributed by atoms with Gasteiger partial charge < -0.3 is 32.3 Å². The van der Waals surface area contributed by atoms with Crippen LogP contribution in [0, 0.1) is 0 Å². The zero-order valence-corrected chi connectivity index (χ0v) is 19.7. The largest absolute Gasteiger partial charge is 0.481 e. The van der Waals surface area contributed by atoms with Gasteiger partial charge in [-0.2, -0.15) is 9.97 Å². The quantitative estimate of drug-likeness (QED) is 0.261. The number of carboxylic acids is 2. The van der Waals surface area contributed by atoms with E-state index in [1.54, 1.807) is 12.1 Å². The SMILES string of the molecule is CCCC(CCC1CNc2nc(N)nc(N)c21)c1ccc(C(=O)N[C@@H](CCC(=O)O)C(=O)O)cc1. The predicted molar refractivity (Wildman–Crippen MR) is 131 cm³/mol. The van der Waals surface area contributed by atoms with Gasteiger partial charge in [0.05, 0.1) is 0 Å². The first kappa shape index (κ1) is 25.7. The molecule has 0 fully saturated rings. The third-order valence-electron chi connectivity index (χ3n) is 6.31. The summed E-state index contributed by atoms with van der Waals surface area (Å²) in [4.78, 5) is 42.9. The molecule has 8 N–H and O–H groups in total. The molecule has 1 aliphatic rings. The average Bonchev–Trinajstić information content (AvgIpc) is 3.22. The number of fused-ring (bicyclic) bond motifs is 1. The van der Waals surface area contributed by atoms with Crippen molar-refractivity contribution in [3.05, 3.63) is 41.0 Å². The van der Waals surface area contributed by atoms with E-state index in [0.29, 0.717) is 17.2 Å². The van der Waals surface area contributed by atoms with Crippen molar-refractivity contribution in [1.29, 1.82) is 0 Å². The molecule has 188 valence electrons. The molecule has 0 saturated carbocycles. The van der Waals surface area contributed by atoms with E-state index in [0.717, 1.165) is 43.4 Å². The standard InChI is InChI=1S/C24H32N6O5/c1-2-3-13(6-9-16-12-27-21-19(16)20(25)29-24(26)30-21)14-4-7-15(8-5-14)22(33)28-17(23(34)35)10-11-18(31)32/h4-5,7-8,13,16-17H,2-3,6,9-12H2,1H3,(H,28,33)(H,31,32)(H,34,35)(H5,25,26,27,29,30)/t13?,16?,17-/m0/s1. The number of aliphatic carboxylic acids is 2. The fraction of sp³-hybridized carbons (Fsp3) is 0.458. The molecular weight excluding hydrogens is 452 g/mol. The highest BCUT2D eigenvalue weighted by molar-refractivity contribution is 5.96. The van der Waals surface area contributed by atoms with Crippen LogP contribution in [0.4, 0.5) is 17.6 Å². The van der Waals surface area contributed by atoms with Crippen LogP contribution < -0.4 is 22.1 Å². The summed E-state index contributed by atoms with van der Waals surface area (Å²) in [5.74, 6) is -1.21. The highest BCUT2D eigenvalue weighted by atomic mass is 16.4. The molecule has 0 radical (unpaired) electrons. The molecule has 2 aromatic rings. The number of rotatable bonds is 12. The topological polar surface area (TPSA) is 194 Å². The van der Waals surface area contributed by atoms with Crippen molar-refractivity contribution in [2.24, 2.45) is 0 Å². The van der Waals surface area contributed by atoms with Crippen LogP contribution in [-0.2, 0) is 9.59 Å². The second kappa shape index (κ2) is 11.5. The van der Waals surface area contributed by atoms with Crippen LogP contribution in [0.15, 0.2) is 24.3 Å². The fourth-order valence-corrected chi connectivity index (χ4v) is 4.51. The predicted octanol–water partition coefficient (Wildman–Crippen LogP) is 2.56. The Hall–Kier alpha value is -3.89. The van der Waals surface area contributed by atoms with Crippen molar-refractivity contribution in [1.82, 2.24) is 15.3 Å². The minimum Gasteiger partial charge on any atom is -0.481 e. The van der Waals surface area contributed by atoms with Crippen LogP contribution in [0.25, 0.3) is 0 Å². The molecule has 2 heterocycles. The van der Waals surface area contributed by atoms with Crippen molar-refractivity contribution < 1.29 is 24.6 Å². The zero-order chi connectivity index (χ0) is 25.5. The van der Waals surface area contributed by atoms with Crippen molar-refractivity contribution in [3.63, 3.8) is 0 Å². The van der Waals surface area contributed by atoms with E-state index in [4.69, 9.17) is 16.6 Å². The van der Waals surface area contributed by atoms with E-state index < -0.39 is 23.9 Å². The summed E-state index contributed by atoms with van der Waals surface area (Å²) in [6.07, 6.45) is 3.23. The number of nitrogens with one attached hydrogen (secondary N) is 2. The van der Waals surface area contributed by atoms with Crippen LogP contribution in [-0.4, -0.2) is 50.6 Å². The number of nitrogens with two attached hydrogens (primary N) is 2. The molecule has 11 nitrogen and oxygen atoms in total. The normalized spacial score (nSPS) is 16.1. The Bertz CT molecular complexity index is 1070. The van der Waals surface area contributed by atoms with Gasteiger partial charge in [-0.15, -0.1) is 0 Å². The number of amides is 1. The third-order valence-corrected chi connectivity index (χ3v) is 6.31.